The Bertz CT molecular complexity index is 557. The average molecular weight is 260 g/mol. The van der Waals surface area contributed by atoms with Crippen LogP contribution in [0.15, 0.2) is 52.3 Å². The Morgan fingerprint density at radius 3 is 2.44 bits per heavy atom. The van der Waals surface area contributed by atoms with Gasteiger partial charge < -0.3 is 16.0 Å². The molecule has 0 fully saturated rings. The molecule has 4 heteroatoms. The fraction of sp³-hybridized carbons (Fsp3) is 0.143. The van der Waals surface area contributed by atoms with Crippen LogP contribution in [0.25, 0.3) is 0 Å². The normalized spacial score (nSPS) is 12.3. The molecule has 2 rings (SSSR count). The molecule has 0 aliphatic heterocycles. The molecule has 0 aliphatic rings. The van der Waals surface area contributed by atoms with Crippen LogP contribution in [-0.4, -0.2) is 4.55 Å². The lowest BCUT2D eigenvalue weighted by Gasteiger charge is -2.13. The molecule has 0 spiro atoms. The number of para-hydroxylation sites is 1. The first-order valence-electron chi connectivity index (χ1n) is 5.78. The van der Waals surface area contributed by atoms with Crippen LogP contribution >= 0.6 is 0 Å². The molecule has 1 unspecified atom stereocenters. The van der Waals surface area contributed by atoms with Crippen molar-refractivity contribution in [2.24, 2.45) is 0 Å². The maximum absolute atomic E-state index is 12.4. The highest BCUT2D eigenvalue weighted by molar-refractivity contribution is 7.91. The lowest BCUT2D eigenvalue weighted by molar-refractivity contribution is 0.595. The van der Waals surface area contributed by atoms with Gasteiger partial charge >= 0.3 is 0 Å². The van der Waals surface area contributed by atoms with Crippen molar-refractivity contribution < 1.29 is 4.55 Å². The van der Waals surface area contributed by atoms with E-state index in [2.05, 4.69) is 0 Å². The van der Waals surface area contributed by atoms with Crippen molar-refractivity contribution in [3.63, 3.8) is 0 Å². The monoisotopic (exact) mass is 260 g/mol. The molecule has 0 radical (unpaired) electrons. The molecule has 0 aliphatic carbocycles. The highest BCUT2D eigenvalue weighted by Crippen LogP contribution is 2.27. The van der Waals surface area contributed by atoms with Crippen molar-refractivity contribution in [1.82, 2.24) is 0 Å². The van der Waals surface area contributed by atoms with Gasteiger partial charge in [0.1, 0.15) is 0 Å². The smallest absolute Gasteiger partial charge is 0.181 e. The largest absolute Gasteiger partial charge is 0.606 e. The van der Waals surface area contributed by atoms with Crippen LogP contribution < -0.4 is 11.5 Å². The summed E-state index contributed by atoms with van der Waals surface area (Å²) in [4.78, 5) is 1.38. The van der Waals surface area contributed by atoms with Crippen LogP contribution in [0, 0.1) is 0 Å². The molecule has 18 heavy (non-hydrogen) atoms. The van der Waals surface area contributed by atoms with E-state index in [9.17, 15) is 4.55 Å². The standard InChI is InChI=1S/C14H16N2OS/c1-2-10-9-11(7-8-12(10)15)18(17)14-6-4-3-5-13(14)16/h3-9H,2,15-16H2,1H3. The summed E-state index contributed by atoms with van der Waals surface area (Å²) in [6.45, 7) is 2.02. The Hall–Kier alpha value is -1.65. The molecule has 1 atom stereocenters. The number of benzene rings is 2. The second kappa shape index (κ2) is 5.33. The topological polar surface area (TPSA) is 75.1 Å². The molecule has 0 aromatic heterocycles. The van der Waals surface area contributed by atoms with Gasteiger partial charge in [0.25, 0.3) is 0 Å². The van der Waals surface area contributed by atoms with E-state index in [-0.39, 0.29) is 0 Å². The SMILES string of the molecule is CCc1cc([S+]([O-])c2ccccc2N)ccc1N. The van der Waals surface area contributed by atoms with E-state index in [1.807, 2.05) is 25.1 Å². The van der Waals surface area contributed by atoms with Crippen LogP contribution in [0.5, 0.6) is 0 Å². The third kappa shape index (κ3) is 2.44. The summed E-state index contributed by atoms with van der Waals surface area (Å²) < 4.78 is 12.4. The van der Waals surface area contributed by atoms with Gasteiger partial charge in [-0.2, -0.15) is 0 Å². The molecule has 4 N–H and O–H groups in total. The van der Waals surface area contributed by atoms with Gasteiger partial charge in [0.2, 0.25) is 0 Å². The number of nitrogens with two attached hydrogens (primary N) is 2. The van der Waals surface area contributed by atoms with E-state index in [0.29, 0.717) is 10.6 Å². The molecule has 0 bridgehead atoms. The molecule has 0 saturated heterocycles. The second-order valence-corrected chi connectivity index (χ2v) is 5.47. The summed E-state index contributed by atoms with van der Waals surface area (Å²) in [5.74, 6) is 0. The molecule has 3 nitrogen and oxygen atoms in total. The molecular weight excluding hydrogens is 244 g/mol. The number of anilines is 2. The van der Waals surface area contributed by atoms with Crippen LogP contribution in [0.2, 0.25) is 0 Å². The maximum atomic E-state index is 12.4. The lowest BCUT2D eigenvalue weighted by atomic mass is 10.1. The third-order valence-electron chi connectivity index (χ3n) is 2.83. The highest BCUT2D eigenvalue weighted by atomic mass is 32.2. The summed E-state index contributed by atoms with van der Waals surface area (Å²) in [5, 5.41) is 0. The summed E-state index contributed by atoms with van der Waals surface area (Å²) in [6, 6.07) is 12.7. The van der Waals surface area contributed by atoms with Crippen molar-refractivity contribution in [1.29, 1.82) is 0 Å². The predicted octanol–water partition coefficient (Wildman–Crippen LogP) is 2.58. The van der Waals surface area contributed by atoms with Crippen molar-refractivity contribution in [2.45, 2.75) is 23.1 Å². The zero-order valence-corrected chi connectivity index (χ0v) is 11.0. The van der Waals surface area contributed by atoms with Crippen LogP contribution in [-0.2, 0) is 17.6 Å². The minimum Gasteiger partial charge on any atom is -0.606 e. The zero-order chi connectivity index (χ0) is 13.1. The van der Waals surface area contributed by atoms with Crippen molar-refractivity contribution >= 4 is 22.6 Å². The first kappa shape index (κ1) is 12.8. The van der Waals surface area contributed by atoms with Crippen LogP contribution in [0.3, 0.4) is 0 Å². The fourth-order valence-corrected chi connectivity index (χ4v) is 2.96. The van der Waals surface area contributed by atoms with Crippen molar-refractivity contribution in [3.05, 3.63) is 48.0 Å². The minimum atomic E-state index is -1.26. The molecule has 94 valence electrons. The number of nitrogen functional groups attached to an aromatic ring is 2. The zero-order valence-electron chi connectivity index (χ0n) is 10.2. The number of hydrogen-bond donors (Lipinski definition) is 2. The molecule has 2 aromatic carbocycles. The van der Waals surface area contributed by atoms with Crippen LogP contribution in [0.1, 0.15) is 12.5 Å². The quantitative estimate of drug-likeness (QED) is 0.658. The van der Waals surface area contributed by atoms with Gasteiger partial charge in [0.05, 0.1) is 5.69 Å². The van der Waals surface area contributed by atoms with E-state index in [4.69, 9.17) is 11.5 Å². The van der Waals surface area contributed by atoms with Gasteiger partial charge in [-0.25, -0.2) is 0 Å². The molecule has 0 heterocycles. The van der Waals surface area contributed by atoms with E-state index >= 15 is 0 Å². The third-order valence-corrected chi connectivity index (χ3v) is 4.28. The molecular formula is C14H16N2OS. The molecule has 2 aromatic rings. The Morgan fingerprint density at radius 1 is 1.06 bits per heavy atom. The Labute approximate surface area is 110 Å². The van der Waals surface area contributed by atoms with E-state index in [1.54, 1.807) is 24.3 Å². The minimum absolute atomic E-state index is 0.547. The van der Waals surface area contributed by atoms with Gasteiger partial charge in [-0.05, 0) is 42.3 Å². The highest BCUT2D eigenvalue weighted by Gasteiger charge is 2.18. The maximum Gasteiger partial charge on any atom is 0.181 e. The van der Waals surface area contributed by atoms with Gasteiger partial charge in [0.15, 0.2) is 9.79 Å². The average Bonchev–Trinajstić information content (AvgIpc) is 2.39. The van der Waals surface area contributed by atoms with Gasteiger partial charge in [-0.15, -0.1) is 0 Å². The number of rotatable bonds is 3. The second-order valence-electron chi connectivity index (χ2n) is 4.02. The van der Waals surface area contributed by atoms with Gasteiger partial charge in [-0.1, -0.05) is 19.1 Å². The van der Waals surface area contributed by atoms with Gasteiger partial charge in [0, 0.05) is 16.9 Å². The van der Waals surface area contributed by atoms with E-state index in [1.165, 1.54) is 0 Å². The summed E-state index contributed by atoms with van der Waals surface area (Å²) in [7, 11) is 0. The first-order valence-corrected chi connectivity index (χ1v) is 6.93. The van der Waals surface area contributed by atoms with Crippen LogP contribution in [0.4, 0.5) is 11.4 Å². The molecule has 0 amide bonds. The Balaban J connectivity index is 2.40. The van der Waals surface area contributed by atoms with E-state index in [0.717, 1.165) is 22.6 Å². The predicted molar refractivity (Wildman–Crippen MR) is 75.8 cm³/mol. The van der Waals surface area contributed by atoms with Crippen molar-refractivity contribution in [3.8, 4) is 0 Å². The Kier molecular flexibility index (Phi) is 3.79. The number of aryl methyl sites for hydroxylation is 1. The summed E-state index contributed by atoms with van der Waals surface area (Å²) >= 11 is -1.26. The lowest BCUT2D eigenvalue weighted by Crippen LogP contribution is -2.06. The van der Waals surface area contributed by atoms with Crippen molar-refractivity contribution in [2.75, 3.05) is 11.5 Å². The summed E-state index contributed by atoms with van der Waals surface area (Å²) in [6.07, 6.45) is 0.821. The number of hydrogen-bond acceptors (Lipinski definition) is 3. The molecule has 0 saturated carbocycles. The summed E-state index contributed by atoms with van der Waals surface area (Å²) in [5.41, 5.74) is 14.0. The Morgan fingerprint density at radius 2 is 1.78 bits per heavy atom. The van der Waals surface area contributed by atoms with E-state index < -0.39 is 11.2 Å². The van der Waals surface area contributed by atoms with Gasteiger partial charge in [-0.3, -0.25) is 0 Å². The fourth-order valence-electron chi connectivity index (χ4n) is 1.78. The first-order chi connectivity index (χ1) is 8.63.